The van der Waals surface area contributed by atoms with Gasteiger partial charge in [-0.05, 0) is 25.5 Å². The van der Waals surface area contributed by atoms with Crippen molar-refractivity contribution in [1.82, 2.24) is 0 Å². The lowest BCUT2D eigenvalue weighted by molar-refractivity contribution is -0.134. The summed E-state index contributed by atoms with van der Waals surface area (Å²) < 4.78 is 10.1. The molecule has 0 fully saturated rings. The van der Waals surface area contributed by atoms with Crippen LogP contribution in [0.5, 0.6) is 11.5 Å². The molecule has 4 heteroatoms. The minimum atomic E-state index is -0.317. The summed E-state index contributed by atoms with van der Waals surface area (Å²) in [5.41, 5.74) is 0. The topological polar surface area (TPSA) is 35.5 Å². The summed E-state index contributed by atoms with van der Waals surface area (Å²) in [7, 11) is 1.56. The van der Waals surface area contributed by atoms with Gasteiger partial charge in [-0.1, -0.05) is 6.07 Å². The van der Waals surface area contributed by atoms with Crippen LogP contribution < -0.4 is 9.47 Å². The van der Waals surface area contributed by atoms with Crippen LogP contribution in [0.25, 0.3) is 0 Å². The first-order valence-electron chi connectivity index (χ1n) is 4.93. The second kappa shape index (κ2) is 6.38. The molecule has 1 radical (unpaired) electrons. The van der Waals surface area contributed by atoms with E-state index in [0.29, 0.717) is 17.9 Å². The lowest BCUT2D eigenvalue weighted by Gasteiger charge is -2.06. The molecule has 0 aliphatic heterocycles. The standard InChI is InChI=1S/C12H14ClO3/c1-9(13)6-7-12(14)16-11-5-3-4-10(8-11)15-2/h3-5,8-9H,1,6-7H2,2H3. The van der Waals surface area contributed by atoms with Crippen molar-refractivity contribution in [2.75, 3.05) is 7.11 Å². The Hall–Kier alpha value is -1.22. The number of ether oxygens (including phenoxy) is 2. The van der Waals surface area contributed by atoms with Crippen LogP contribution in [0.3, 0.4) is 0 Å². The number of rotatable bonds is 5. The molecule has 16 heavy (non-hydrogen) atoms. The van der Waals surface area contributed by atoms with Crippen LogP contribution in [-0.2, 0) is 4.79 Å². The van der Waals surface area contributed by atoms with E-state index in [1.807, 2.05) is 0 Å². The second-order valence-corrected chi connectivity index (χ2v) is 3.91. The monoisotopic (exact) mass is 241 g/mol. The second-order valence-electron chi connectivity index (χ2n) is 3.29. The van der Waals surface area contributed by atoms with Gasteiger partial charge in [-0.15, -0.1) is 11.6 Å². The molecule has 0 saturated heterocycles. The van der Waals surface area contributed by atoms with Gasteiger partial charge in [-0.2, -0.15) is 0 Å². The van der Waals surface area contributed by atoms with Gasteiger partial charge in [-0.25, -0.2) is 0 Å². The summed E-state index contributed by atoms with van der Waals surface area (Å²) in [5.74, 6) is 0.805. The Balaban J connectivity index is 2.49. The van der Waals surface area contributed by atoms with Crippen LogP contribution in [-0.4, -0.2) is 18.5 Å². The van der Waals surface area contributed by atoms with Gasteiger partial charge < -0.3 is 9.47 Å². The average Bonchev–Trinajstić information content (AvgIpc) is 2.26. The highest BCUT2D eigenvalue weighted by Crippen LogP contribution is 2.19. The van der Waals surface area contributed by atoms with Crippen LogP contribution >= 0.6 is 11.6 Å². The number of carbonyl (C=O) groups is 1. The van der Waals surface area contributed by atoms with Gasteiger partial charge in [0.25, 0.3) is 0 Å². The van der Waals surface area contributed by atoms with Crippen molar-refractivity contribution in [3.8, 4) is 11.5 Å². The fraction of sp³-hybridized carbons (Fsp3) is 0.333. The zero-order chi connectivity index (χ0) is 12.0. The van der Waals surface area contributed by atoms with Crippen molar-refractivity contribution in [3.05, 3.63) is 31.2 Å². The SMILES string of the molecule is [CH2]C(Cl)CCC(=O)Oc1cccc(OC)c1. The third-order valence-electron chi connectivity index (χ3n) is 1.93. The first kappa shape index (κ1) is 12.8. The van der Waals surface area contributed by atoms with Crippen LogP contribution in [0, 0.1) is 6.92 Å². The largest absolute Gasteiger partial charge is 0.497 e. The maximum absolute atomic E-state index is 11.4. The first-order chi connectivity index (χ1) is 7.61. The number of methoxy groups -OCH3 is 1. The molecule has 0 aromatic heterocycles. The van der Waals surface area contributed by atoms with Crippen LogP contribution in [0.4, 0.5) is 0 Å². The normalized spacial score (nSPS) is 11.9. The first-order valence-corrected chi connectivity index (χ1v) is 5.37. The predicted molar refractivity (Wildman–Crippen MR) is 62.9 cm³/mol. The number of alkyl halides is 1. The van der Waals surface area contributed by atoms with Crippen LogP contribution in [0.2, 0.25) is 0 Å². The molecule has 1 rings (SSSR count). The molecule has 1 unspecified atom stereocenters. The van der Waals surface area contributed by atoms with Gasteiger partial charge >= 0.3 is 5.97 Å². The quantitative estimate of drug-likeness (QED) is 0.452. The summed E-state index contributed by atoms with van der Waals surface area (Å²) in [4.78, 5) is 11.4. The van der Waals surface area contributed by atoms with E-state index in [4.69, 9.17) is 21.1 Å². The Bertz CT molecular complexity index is 350. The fourth-order valence-corrected chi connectivity index (χ4v) is 1.23. The van der Waals surface area contributed by atoms with E-state index >= 15 is 0 Å². The number of halogens is 1. The zero-order valence-corrected chi connectivity index (χ0v) is 9.87. The number of hydrogen-bond donors (Lipinski definition) is 0. The molecule has 0 N–H and O–H groups in total. The molecule has 1 atom stereocenters. The van der Waals surface area contributed by atoms with Gasteiger partial charge in [-0.3, -0.25) is 4.79 Å². The molecule has 0 aliphatic carbocycles. The van der Waals surface area contributed by atoms with Gasteiger partial charge in [0.1, 0.15) is 11.5 Å². The summed E-state index contributed by atoms with van der Waals surface area (Å²) >= 11 is 5.63. The minimum absolute atomic E-state index is 0.259. The molecule has 0 aliphatic rings. The van der Waals surface area contributed by atoms with E-state index < -0.39 is 0 Å². The Morgan fingerprint density at radius 3 is 2.81 bits per heavy atom. The Labute approximate surface area is 100 Å². The van der Waals surface area contributed by atoms with E-state index in [-0.39, 0.29) is 17.8 Å². The smallest absolute Gasteiger partial charge is 0.311 e. The van der Waals surface area contributed by atoms with Crippen molar-refractivity contribution in [2.24, 2.45) is 0 Å². The molecule has 0 saturated carbocycles. The van der Waals surface area contributed by atoms with E-state index in [0.717, 1.165) is 0 Å². The molecule has 3 nitrogen and oxygen atoms in total. The van der Waals surface area contributed by atoms with Gasteiger partial charge in [0.2, 0.25) is 0 Å². The molecular weight excluding hydrogens is 228 g/mol. The van der Waals surface area contributed by atoms with E-state index in [1.165, 1.54) is 0 Å². The fourth-order valence-electron chi connectivity index (χ4n) is 1.12. The lowest BCUT2D eigenvalue weighted by Crippen LogP contribution is -2.09. The van der Waals surface area contributed by atoms with Crippen molar-refractivity contribution in [1.29, 1.82) is 0 Å². The highest BCUT2D eigenvalue weighted by atomic mass is 35.5. The highest BCUT2D eigenvalue weighted by molar-refractivity contribution is 6.21. The van der Waals surface area contributed by atoms with Crippen molar-refractivity contribution < 1.29 is 14.3 Å². The maximum Gasteiger partial charge on any atom is 0.311 e. The maximum atomic E-state index is 11.4. The van der Waals surface area contributed by atoms with Crippen molar-refractivity contribution >= 4 is 17.6 Å². The van der Waals surface area contributed by atoms with Crippen molar-refractivity contribution in [3.63, 3.8) is 0 Å². The summed E-state index contributed by atoms with van der Waals surface area (Å²) in [6.07, 6.45) is 0.763. The summed E-state index contributed by atoms with van der Waals surface area (Å²) in [6, 6.07) is 6.89. The number of benzene rings is 1. The average molecular weight is 242 g/mol. The third-order valence-corrected chi connectivity index (χ3v) is 2.15. The molecular formula is C12H14ClO3. The number of hydrogen-bond acceptors (Lipinski definition) is 3. The highest BCUT2D eigenvalue weighted by Gasteiger charge is 2.07. The Morgan fingerprint density at radius 2 is 2.19 bits per heavy atom. The molecule has 1 aromatic rings. The Kier molecular flexibility index (Phi) is 5.12. The van der Waals surface area contributed by atoms with Gasteiger partial charge in [0, 0.05) is 17.9 Å². The van der Waals surface area contributed by atoms with E-state index in [2.05, 4.69) is 6.92 Å². The minimum Gasteiger partial charge on any atom is -0.497 e. The summed E-state index contributed by atoms with van der Waals surface area (Å²) in [5, 5.41) is -0.266. The number of esters is 1. The molecule has 1 aromatic carbocycles. The van der Waals surface area contributed by atoms with Crippen LogP contribution in [0.1, 0.15) is 12.8 Å². The lowest BCUT2D eigenvalue weighted by atomic mass is 10.2. The van der Waals surface area contributed by atoms with Gasteiger partial charge in [0.15, 0.2) is 0 Å². The molecule has 0 heterocycles. The third kappa shape index (κ3) is 4.53. The molecule has 0 spiro atoms. The van der Waals surface area contributed by atoms with E-state index in [1.54, 1.807) is 31.4 Å². The molecule has 0 bridgehead atoms. The summed E-state index contributed by atoms with van der Waals surface area (Å²) in [6.45, 7) is 3.58. The molecule has 0 amide bonds. The Morgan fingerprint density at radius 1 is 1.50 bits per heavy atom. The molecule has 87 valence electrons. The van der Waals surface area contributed by atoms with Gasteiger partial charge in [0.05, 0.1) is 7.11 Å². The zero-order valence-electron chi connectivity index (χ0n) is 9.11. The van der Waals surface area contributed by atoms with Crippen LogP contribution in [0.15, 0.2) is 24.3 Å². The number of carbonyl (C=O) groups excluding carboxylic acids is 1. The van der Waals surface area contributed by atoms with Crippen molar-refractivity contribution in [2.45, 2.75) is 18.2 Å². The van der Waals surface area contributed by atoms with E-state index in [9.17, 15) is 4.79 Å². The predicted octanol–water partition coefficient (Wildman–Crippen LogP) is 2.82.